The van der Waals surface area contributed by atoms with Gasteiger partial charge >= 0.3 is 0 Å². The maximum atomic E-state index is 12.8. The summed E-state index contributed by atoms with van der Waals surface area (Å²) in [6.45, 7) is 4.90. The van der Waals surface area contributed by atoms with Crippen LogP contribution in [0.15, 0.2) is 29.9 Å². The van der Waals surface area contributed by atoms with E-state index in [1.165, 1.54) is 4.31 Å². The maximum Gasteiger partial charge on any atom is 0.262 e. The summed E-state index contributed by atoms with van der Waals surface area (Å²) in [4.78, 5) is 4.06. The Labute approximate surface area is 135 Å². The van der Waals surface area contributed by atoms with Gasteiger partial charge in [0, 0.05) is 44.1 Å². The lowest BCUT2D eigenvalue weighted by Gasteiger charge is -2.31. The second kappa shape index (κ2) is 6.06. The number of sulfonamides is 1. The van der Waals surface area contributed by atoms with Gasteiger partial charge in [0.15, 0.2) is 5.03 Å². The molecule has 3 heterocycles. The molecule has 1 aliphatic rings. The fourth-order valence-corrected chi connectivity index (χ4v) is 3.86. The fraction of sp³-hybridized carbons (Fsp3) is 0.571. The van der Waals surface area contributed by atoms with E-state index in [4.69, 9.17) is 4.74 Å². The molecule has 1 saturated heterocycles. The van der Waals surface area contributed by atoms with Crippen LogP contribution in [0.3, 0.4) is 0 Å². The number of hydrogen-bond acceptors (Lipinski definition) is 5. The van der Waals surface area contributed by atoms with Crippen LogP contribution in [0.4, 0.5) is 0 Å². The summed E-state index contributed by atoms with van der Waals surface area (Å²) >= 11 is 0. The van der Waals surface area contributed by atoms with Crippen molar-refractivity contribution in [1.29, 1.82) is 0 Å². The first-order chi connectivity index (χ1) is 10.9. The summed E-state index contributed by atoms with van der Waals surface area (Å²) in [5.74, 6) is 0. The quantitative estimate of drug-likeness (QED) is 0.829. The Morgan fingerprint density at radius 2 is 2.13 bits per heavy atom. The monoisotopic (exact) mass is 339 g/mol. The Morgan fingerprint density at radius 1 is 1.35 bits per heavy atom. The van der Waals surface area contributed by atoms with Crippen LogP contribution >= 0.6 is 0 Å². The molecule has 23 heavy (non-hydrogen) atoms. The summed E-state index contributed by atoms with van der Waals surface area (Å²) in [5, 5.41) is 4.19. The van der Waals surface area contributed by atoms with Crippen LogP contribution in [0.25, 0.3) is 0 Å². The number of rotatable bonds is 4. The van der Waals surface area contributed by atoms with Crippen molar-refractivity contribution in [2.45, 2.75) is 31.0 Å². The zero-order chi connectivity index (χ0) is 16.6. The molecule has 0 aromatic carbocycles. The Morgan fingerprint density at radius 3 is 2.74 bits per heavy atom. The highest BCUT2D eigenvalue weighted by Crippen LogP contribution is 2.25. The van der Waals surface area contributed by atoms with Gasteiger partial charge in [-0.3, -0.25) is 4.68 Å². The Kier molecular flexibility index (Phi) is 4.26. The average molecular weight is 339 g/mol. The lowest BCUT2D eigenvalue weighted by atomic mass is 10.2. The second-order valence-corrected chi connectivity index (χ2v) is 7.81. The van der Waals surface area contributed by atoms with Gasteiger partial charge in [-0.05, 0) is 13.8 Å². The molecular weight excluding hydrogens is 318 g/mol. The molecule has 3 rings (SSSR count). The molecule has 8 nitrogen and oxygen atoms in total. The van der Waals surface area contributed by atoms with Gasteiger partial charge in [0.05, 0.1) is 25.2 Å². The normalized spacial score (nSPS) is 20.3. The first-order valence-corrected chi connectivity index (χ1v) is 8.95. The highest BCUT2D eigenvalue weighted by Gasteiger charge is 2.33. The Hall–Kier alpha value is -1.71. The molecule has 1 unspecified atom stereocenters. The van der Waals surface area contributed by atoms with Gasteiger partial charge in [0.2, 0.25) is 0 Å². The van der Waals surface area contributed by atoms with E-state index in [9.17, 15) is 8.42 Å². The van der Waals surface area contributed by atoms with Gasteiger partial charge in [-0.15, -0.1) is 0 Å². The number of aromatic nitrogens is 4. The SMILES string of the molecule is CC(C)n1cnc(S(=O)(=O)N2CCOC(c3cnn(C)c3)C2)c1. The van der Waals surface area contributed by atoms with Crippen molar-refractivity contribution < 1.29 is 13.2 Å². The van der Waals surface area contributed by atoms with E-state index in [0.717, 1.165) is 5.56 Å². The molecule has 1 aliphatic heterocycles. The van der Waals surface area contributed by atoms with Crippen LogP contribution in [-0.4, -0.2) is 51.8 Å². The number of ether oxygens (including phenoxy) is 1. The number of morpholine rings is 1. The third kappa shape index (κ3) is 3.17. The summed E-state index contributed by atoms with van der Waals surface area (Å²) in [6.07, 6.45) is 6.37. The summed E-state index contributed by atoms with van der Waals surface area (Å²) < 4.78 is 36.1. The number of aryl methyl sites for hydroxylation is 1. The summed E-state index contributed by atoms with van der Waals surface area (Å²) in [5.41, 5.74) is 0.875. The molecule has 9 heteroatoms. The van der Waals surface area contributed by atoms with Crippen LogP contribution in [0.5, 0.6) is 0 Å². The highest BCUT2D eigenvalue weighted by molar-refractivity contribution is 7.89. The molecule has 1 fully saturated rings. The number of hydrogen-bond donors (Lipinski definition) is 0. The van der Waals surface area contributed by atoms with Crippen LogP contribution in [0, 0.1) is 0 Å². The van der Waals surface area contributed by atoms with E-state index < -0.39 is 10.0 Å². The summed E-state index contributed by atoms with van der Waals surface area (Å²) in [7, 11) is -1.80. The first-order valence-electron chi connectivity index (χ1n) is 7.51. The lowest BCUT2D eigenvalue weighted by molar-refractivity contribution is -0.00265. The van der Waals surface area contributed by atoms with E-state index >= 15 is 0 Å². The average Bonchev–Trinajstić information content (AvgIpc) is 3.16. The van der Waals surface area contributed by atoms with Crippen molar-refractivity contribution in [2.75, 3.05) is 19.7 Å². The zero-order valence-corrected chi connectivity index (χ0v) is 14.3. The van der Waals surface area contributed by atoms with Crippen LogP contribution in [-0.2, 0) is 21.8 Å². The third-order valence-corrected chi connectivity index (χ3v) is 5.66. The van der Waals surface area contributed by atoms with Gasteiger partial charge in [0.1, 0.15) is 0 Å². The molecule has 0 bridgehead atoms. The van der Waals surface area contributed by atoms with Gasteiger partial charge in [-0.1, -0.05) is 0 Å². The molecule has 0 N–H and O–H groups in total. The maximum absolute atomic E-state index is 12.8. The van der Waals surface area contributed by atoms with E-state index in [1.54, 1.807) is 28.0 Å². The van der Waals surface area contributed by atoms with Crippen molar-refractivity contribution in [1.82, 2.24) is 23.6 Å². The highest BCUT2D eigenvalue weighted by atomic mass is 32.2. The molecule has 2 aromatic rings. The van der Waals surface area contributed by atoms with Crippen molar-refractivity contribution >= 4 is 10.0 Å². The van der Waals surface area contributed by atoms with Crippen molar-refractivity contribution in [3.8, 4) is 0 Å². The number of imidazole rings is 1. The van der Waals surface area contributed by atoms with Crippen molar-refractivity contribution in [2.24, 2.45) is 7.05 Å². The van der Waals surface area contributed by atoms with E-state index in [1.807, 2.05) is 27.1 Å². The predicted octanol–water partition coefficient (Wildman–Crippen LogP) is 0.960. The Balaban J connectivity index is 1.81. The molecule has 2 aromatic heterocycles. The molecule has 126 valence electrons. The molecular formula is C14H21N5O3S. The van der Waals surface area contributed by atoms with Crippen LogP contribution in [0.2, 0.25) is 0 Å². The standard InChI is InChI=1S/C14H21N5O3S/c1-11(2)18-9-14(15-10-18)23(20,21)19-4-5-22-13(8-19)12-6-16-17(3)7-12/h6-7,9-11,13H,4-5,8H2,1-3H3. The van der Waals surface area contributed by atoms with Gasteiger partial charge in [0.25, 0.3) is 10.0 Å². The molecule has 0 spiro atoms. The molecule has 1 atom stereocenters. The van der Waals surface area contributed by atoms with E-state index in [2.05, 4.69) is 10.1 Å². The lowest BCUT2D eigenvalue weighted by Crippen LogP contribution is -2.42. The van der Waals surface area contributed by atoms with E-state index in [-0.39, 0.29) is 23.7 Å². The second-order valence-electron chi connectivity index (χ2n) is 5.92. The smallest absolute Gasteiger partial charge is 0.262 e. The molecule has 0 radical (unpaired) electrons. The number of nitrogens with zero attached hydrogens (tertiary/aromatic N) is 5. The largest absolute Gasteiger partial charge is 0.371 e. The van der Waals surface area contributed by atoms with Crippen molar-refractivity contribution in [3.05, 3.63) is 30.5 Å². The van der Waals surface area contributed by atoms with Crippen LogP contribution in [0.1, 0.15) is 31.6 Å². The topological polar surface area (TPSA) is 82.2 Å². The third-order valence-electron chi connectivity index (χ3n) is 3.90. The first kappa shape index (κ1) is 16.2. The molecule has 0 saturated carbocycles. The van der Waals surface area contributed by atoms with Gasteiger partial charge in [-0.25, -0.2) is 13.4 Å². The van der Waals surface area contributed by atoms with Crippen molar-refractivity contribution in [3.63, 3.8) is 0 Å². The molecule has 0 amide bonds. The fourth-order valence-electron chi connectivity index (χ4n) is 2.52. The van der Waals surface area contributed by atoms with Gasteiger partial charge in [-0.2, -0.15) is 9.40 Å². The summed E-state index contributed by atoms with van der Waals surface area (Å²) in [6, 6.07) is 0.166. The predicted molar refractivity (Wildman–Crippen MR) is 83.3 cm³/mol. The molecule has 0 aliphatic carbocycles. The minimum Gasteiger partial charge on any atom is -0.371 e. The van der Waals surface area contributed by atoms with Gasteiger partial charge < -0.3 is 9.30 Å². The van der Waals surface area contributed by atoms with E-state index in [0.29, 0.717) is 13.2 Å². The van der Waals surface area contributed by atoms with Crippen LogP contribution < -0.4 is 0 Å². The minimum absolute atomic E-state index is 0.0815. The zero-order valence-electron chi connectivity index (χ0n) is 13.5. The minimum atomic E-state index is -3.61. The Bertz CT molecular complexity index is 780.